The molecule has 1 fully saturated rings. The molecule has 0 heterocycles. The van der Waals surface area contributed by atoms with Gasteiger partial charge >= 0.3 is 0 Å². The molecule has 0 saturated heterocycles. The van der Waals surface area contributed by atoms with Crippen LogP contribution < -0.4 is 5.32 Å². The van der Waals surface area contributed by atoms with E-state index in [-0.39, 0.29) is 18.0 Å². The van der Waals surface area contributed by atoms with Crippen LogP contribution in [0.25, 0.3) is 0 Å². The van der Waals surface area contributed by atoms with E-state index in [2.05, 4.69) is 5.32 Å². The highest BCUT2D eigenvalue weighted by atomic mass is 19.1. The summed E-state index contributed by atoms with van der Waals surface area (Å²) in [5.41, 5.74) is 1.81. The normalized spacial score (nSPS) is 28.1. The molecule has 86 valence electrons. The predicted octanol–water partition coefficient (Wildman–Crippen LogP) is 1.71. The van der Waals surface area contributed by atoms with Crippen molar-refractivity contribution in [2.45, 2.75) is 37.3 Å². The molecule has 3 heteroatoms. The fourth-order valence-corrected chi connectivity index (χ4v) is 2.70. The molecule has 2 aliphatic rings. The lowest BCUT2D eigenvalue weighted by molar-refractivity contribution is 0.158. The lowest BCUT2D eigenvalue weighted by Gasteiger charge is -2.30. The highest BCUT2D eigenvalue weighted by molar-refractivity contribution is 5.39. The quantitative estimate of drug-likeness (QED) is 0.814. The van der Waals surface area contributed by atoms with E-state index in [1.807, 2.05) is 6.07 Å². The van der Waals surface area contributed by atoms with Gasteiger partial charge in [-0.1, -0.05) is 6.07 Å². The van der Waals surface area contributed by atoms with Crippen LogP contribution >= 0.6 is 0 Å². The number of aliphatic hydroxyl groups is 1. The Morgan fingerprint density at radius 2 is 2.25 bits per heavy atom. The standard InChI is InChI=1S/C13H16FNO/c14-10-1-4-12-9(7-10)5-6-13(12,8-16)15-11-2-3-11/h1,4,7,11,15-16H,2-3,5-6,8H2. The van der Waals surface area contributed by atoms with Crippen LogP contribution in [-0.4, -0.2) is 17.8 Å². The first-order valence-corrected chi connectivity index (χ1v) is 5.91. The molecule has 1 saturated carbocycles. The summed E-state index contributed by atoms with van der Waals surface area (Å²) in [6.45, 7) is 0.0993. The van der Waals surface area contributed by atoms with Gasteiger partial charge in [-0.2, -0.15) is 0 Å². The van der Waals surface area contributed by atoms with Gasteiger partial charge in [0.25, 0.3) is 0 Å². The molecule has 0 aliphatic heterocycles. The lowest BCUT2D eigenvalue weighted by Crippen LogP contribution is -2.45. The zero-order valence-electron chi connectivity index (χ0n) is 9.17. The molecule has 3 rings (SSSR count). The number of nitrogens with one attached hydrogen (secondary N) is 1. The van der Waals surface area contributed by atoms with E-state index < -0.39 is 0 Å². The Hall–Kier alpha value is -0.930. The number of hydrogen-bond acceptors (Lipinski definition) is 2. The third-order valence-electron chi connectivity index (χ3n) is 3.73. The van der Waals surface area contributed by atoms with Crippen LogP contribution in [0.3, 0.4) is 0 Å². The van der Waals surface area contributed by atoms with Crippen LogP contribution in [0.1, 0.15) is 30.4 Å². The molecular weight excluding hydrogens is 205 g/mol. The maximum absolute atomic E-state index is 13.1. The minimum absolute atomic E-state index is 0.0993. The molecule has 1 atom stereocenters. The summed E-state index contributed by atoms with van der Waals surface area (Å²) in [4.78, 5) is 0. The molecule has 0 radical (unpaired) electrons. The molecule has 0 aromatic heterocycles. The molecule has 0 spiro atoms. The van der Waals surface area contributed by atoms with Crippen LogP contribution in [0.15, 0.2) is 18.2 Å². The third kappa shape index (κ3) is 1.55. The molecule has 2 aliphatic carbocycles. The van der Waals surface area contributed by atoms with Gasteiger partial charge in [-0.3, -0.25) is 0 Å². The van der Waals surface area contributed by atoms with E-state index in [0.29, 0.717) is 6.04 Å². The summed E-state index contributed by atoms with van der Waals surface area (Å²) in [5, 5.41) is 13.2. The molecule has 0 bridgehead atoms. The van der Waals surface area contributed by atoms with Crippen molar-refractivity contribution in [2.24, 2.45) is 0 Å². The number of halogens is 1. The number of aryl methyl sites for hydroxylation is 1. The van der Waals surface area contributed by atoms with E-state index in [1.165, 1.54) is 18.9 Å². The van der Waals surface area contributed by atoms with Crippen molar-refractivity contribution in [3.05, 3.63) is 35.1 Å². The van der Waals surface area contributed by atoms with Crippen LogP contribution in [0, 0.1) is 5.82 Å². The molecule has 1 aromatic carbocycles. The first kappa shape index (κ1) is 10.2. The lowest BCUT2D eigenvalue weighted by atomic mass is 9.92. The van der Waals surface area contributed by atoms with Crippen LogP contribution in [0.2, 0.25) is 0 Å². The summed E-state index contributed by atoms with van der Waals surface area (Å²) in [7, 11) is 0. The second-order valence-corrected chi connectivity index (χ2v) is 4.96. The molecule has 16 heavy (non-hydrogen) atoms. The number of aliphatic hydroxyl groups excluding tert-OH is 1. The number of rotatable bonds is 3. The average molecular weight is 221 g/mol. The summed E-state index contributed by atoms with van der Waals surface area (Å²) in [5.74, 6) is -0.182. The van der Waals surface area contributed by atoms with Crippen LogP contribution in [0.5, 0.6) is 0 Å². The average Bonchev–Trinajstić information content (AvgIpc) is 3.02. The number of hydrogen-bond donors (Lipinski definition) is 2. The summed E-state index contributed by atoms with van der Waals surface area (Å²) < 4.78 is 13.1. The van der Waals surface area contributed by atoms with Gasteiger partial charge in [0.1, 0.15) is 5.82 Å². The van der Waals surface area contributed by atoms with Crippen molar-refractivity contribution < 1.29 is 9.50 Å². The minimum atomic E-state index is -0.315. The van der Waals surface area contributed by atoms with E-state index in [9.17, 15) is 9.50 Å². The van der Waals surface area contributed by atoms with E-state index >= 15 is 0 Å². The van der Waals surface area contributed by atoms with Gasteiger partial charge in [0.15, 0.2) is 0 Å². The molecular formula is C13H16FNO. The molecule has 2 nitrogen and oxygen atoms in total. The largest absolute Gasteiger partial charge is 0.394 e. The Bertz CT molecular complexity index is 416. The van der Waals surface area contributed by atoms with Crippen LogP contribution in [0.4, 0.5) is 4.39 Å². The van der Waals surface area contributed by atoms with Gasteiger partial charge in [0.05, 0.1) is 12.1 Å². The topological polar surface area (TPSA) is 32.3 Å². The summed E-state index contributed by atoms with van der Waals surface area (Å²) in [6, 6.07) is 5.46. The third-order valence-corrected chi connectivity index (χ3v) is 3.73. The Kier molecular flexibility index (Phi) is 2.26. The minimum Gasteiger partial charge on any atom is -0.394 e. The number of benzene rings is 1. The molecule has 2 N–H and O–H groups in total. The Balaban J connectivity index is 1.97. The summed E-state index contributed by atoms with van der Waals surface area (Å²) >= 11 is 0. The fraction of sp³-hybridized carbons (Fsp3) is 0.538. The van der Waals surface area contributed by atoms with Crippen molar-refractivity contribution in [1.82, 2.24) is 5.32 Å². The Morgan fingerprint density at radius 3 is 2.94 bits per heavy atom. The maximum atomic E-state index is 13.1. The first-order chi connectivity index (χ1) is 7.73. The monoisotopic (exact) mass is 221 g/mol. The highest BCUT2D eigenvalue weighted by Gasteiger charge is 2.41. The zero-order chi connectivity index (χ0) is 11.2. The van der Waals surface area contributed by atoms with Gasteiger partial charge in [-0.15, -0.1) is 0 Å². The Labute approximate surface area is 94.5 Å². The van der Waals surface area contributed by atoms with Gasteiger partial charge in [0.2, 0.25) is 0 Å². The van der Waals surface area contributed by atoms with E-state index in [0.717, 1.165) is 24.0 Å². The molecule has 1 unspecified atom stereocenters. The van der Waals surface area contributed by atoms with Crippen molar-refractivity contribution in [3.63, 3.8) is 0 Å². The van der Waals surface area contributed by atoms with E-state index in [1.54, 1.807) is 6.07 Å². The van der Waals surface area contributed by atoms with Crippen molar-refractivity contribution in [1.29, 1.82) is 0 Å². The molecule has 0 amide bonds. The second-order valence-electron chi connectivity index (χ2n) is 4.96. The van der Waals surface area contributed by atoms with Crippen LogP contribution in [-0.2, 0) is 12.0 Å². The SMILES string of the molecule is OCC1(NC2CC2)CCc2cc(F)ccc21. The Morgan fingerprint density at radius 1 is 1.44 bits per heavy atom. The maximum Gasteiger partial charge on any atom is 0.123 e. The predicted molar refractivity (Wildman–Crippen MR) is 59.6 cm³/mol. The van der Waals surface area contributed by atoms with Gasteiger partial charge in [0, 0.05) is 6.04 Å². The first-order valence-electron chi connectivity index (χ1n) is 5.91. The number of fused-ring (bicyclic) bond motifs is 1. The van der Waals surface area contributed by atoms with Crippen molar-refractivity contribution >= 4 is 0 Å². The van der Waals surface area contributed by atoms with E-state index in [4.69, 9.17) is 0 Å². The smallest absolute Gasteiger partial charge is 0.123 e. The van der Waals surface area contributed by atoms with Gasteiger partial charge < -0.3 is 10.4 Å². The van der Waals surface area contributed by atoms with Crippen molar-refractivity contribution in [3.8, 4) is 0 Å². The molecule has 1 aromatic rings. The van der Waals surface area contributed by atoms with Gasteiger partial charge in [-0.25, -0.2) is 4.39 Å². The highest BCUT2D eigenvalue weighted by Crippen LogP contribution is 2.39. The zero-order valence-corrected chi connectivity index (χ0v) is 9.17. The summed E-state index contributed by atoms with van der Waals surface area (Å²) in [6.07, 6.45) is 4.11. The second kappa shape index (κ2) is 3.54. The van der Waals surface area contributed by atoms with Gasteiger partial charge in [-0.05, 0) is 48.9 Å². The fourth-order valence-electron chi connectivity index (χ4n) is 2.70. The van der Waals surface area contributed by atoms with Crippen molar-refractivity contribution in [2.75, 3.05) is 6.61 Å².